The number of fused-ring (bicyclic) bond motifs is 1. The molecule has 3 aromatic rings. The van der Waals surface area contributed by atoms with Crippen molar-refractivity contribution in [2.24, 2.45) is 0 Å². The SMILES string of the molecule is COC(=O)Cc1cc(Nc2cccc(NC(C)=O)c2)c2ccccc2n1. The molecule has 0 aliphatic carbocycles. The molecule has 0 bridgehead atoms. The van der Waals surface area contributed by atoms with Crippen molar-refractivity contribution < 1.29 is 14.3 Å². The summed E-state index contributed by atoms with van der Waals surface area (Å²) in [4.78, 5) is 27.4. The Kier molecular flexibility index (Phi) is 5.12. The smallest absolute Gasteiger partial charge is 0.311 e. The zero-order valence-corrected chi connectivity index (χ0v) is 14.6. The average Bonchev–Trinajstić information content (AvgIpc) is 2.61. The van der Waals surface area contributed by atoms with Gasteiger partial charge in [0.15, 0.2) is 0 Å². The molecule has 26 heavy (non-hydrogen) atoms. The van der Waals surface area contributed by atoms with Crippen LogP contribution in [0.25, 0.3) is 10.9 Å². The summed E-state index contributed by atoms with van der Waals surface area (Å²) in [6, 6.07) is 17.0. The molecule has 6 heteroatoms. The fraction of sp³-hybridized carbons (Fsp3) is 0.150. The largest absolute Gasteiger partial charge is 0.469 e. The van der Waals surface area contributed by atoms with E-state index in [2.05, 4.69) is 15.6 Å². The van der Waals surface area contributed by atoms with E-state index in [1.165, 1.54) is 14.0 Å². The zero-order chi connectivity index (χ0) is 18.5. The maximum absolute atomic E-state index is 11.6. The summed E-state index contributed by atoms with van der Waals surface area (Å²) in [5, 5.41) is 7.05. The van der Waals surface area contributed by atoms with E-state index in [1.54, 1.807) is 0 Å². The van der Waals surface area contributed by atoms with Crippen LogP contribution in [0.2, 0.25) is 0 Å². The molecular formula is C20H19N3O3. The van der Waals surface area contributed by atoms with E-state index in [1.807, 2.05) is 54.6 Å². The van der Waals surface area contributed by atoms with Crippen molar-refractivity contribution in [1.29, 1.82) is 0 Å². The highest BCUT2D eigenvalue weighted by Gasteiger charge is 2.10. The van der Waals surface area contributed by atoms with Gasteiger partial charge in [-0.3, -0.25) is 14.6 Å². The molecule has 0 fully saturated rings. The Balaban J connectivity index is 1.98. The summed E-state index contributed by atoms with van der Waals surface area (Å²) >= 11 is 0. The molecular weight excluding hydrogens is 330 g/mol. The Labute approximate surface area is 151 Å². The predicted molar refractivity (Wildman–Crippen MR) is 101 cm³/mol. The molecule has 0 radical (unpaired) electrons. The Hall–Kier alpha value is -3.41. The van der Waals surface area contributed by atoms with Gasteiger partial charge in [-0.2, -0.15) is 0 Å². The van der Waals surface area contributed by atoms with Crippen molar-refractivity contribution in [2.45, 2.75) is 13.3 Å². The van der Waals surface area contributed by atoms with Gasteiger partial charge in [0.05, 0.1) is 24.7 Å². The molecule has 2 aromatic carbocycles. The molecule has 0 unspecified atom stereocenters. The van der Waals surface area contributed by atoms with Crippen molar-refractivity contribution in [1.82, 2.24) is 4.98 Å². The van der Waals surface area contributed by atoms with E-state index in [0.29, 0.717) is 11.4 Å². The van der Waals surface area contributed by atoms with Crippen molar-refractivity contribution in [3.8, 4) is 0 Å². The number of carbonyl (C=O) groups is 2. The molecule has 6 nitrogen and oxygen atoms in total. The minimum atomic E-state index is -0.341. The van der Waals surface area contributed by atoms with Gasteiger partial charge in [-0.05, 0) is 30.3 Å². The highest BCUT2D eigenvalue weighted by molar-refractivity contribution is 5.94. The first-order valence-corrected chi connectivity index (χ1v) is 8.15. The summed E-state index contributed by atoms with van der Waals surface area (Å²) in [6.07, 6.45) is 0.0992. The lowest BCUT2D eigenvalue weighted by molar-refractivity contribution is -0.139. The molecule has 2 N–H and O–H groups in total. The molecule has 0 atom stereocenters. The number of nitrogens with zero attached hydrogens (tertiary/aromatic N) is 1. The first-order chi connectivity index (χ1) is 12.5. The molecule has 0 aliphatic heterocycles. The van der Waals surface area contributed by atoms with Gasteiger partial charge in [0.25, 0.3) is 0 Å². The topological polar surface area (TPSA) is 80.3 Å². The van der Waals surface area contributed by atoms with Gasteiger partial charge < -0.3 is 15.4 Å². The van der Waals surface area contributed by atoms with Crippen LogP contribution in [0.3, 0.4) is 0 Å². The van der Waals surface area contributed by atoms with E-state index in [0.717, 1.165) is 22.3 Å². The van der Waals surface area contributed by atoms with Gasteiger partial charge >= 0.3 is 5.97 Å². The summed E-state index contributed by atoms with van der Waals surface area (Å²) in [5.74, 6) is -0.469. The van der Waals surface area contributed by atoms with E-state index >= 15 is 0 Å². The first kappa shape index (κ1) is 17.4. The molecule has 0 aliphatic rings. The van der Waals surface area contributed by atoms with Crippen LogP contribution < -0.4 is 10.6 Å². The monoisotopic (exact) mass is 349 g/mol. The number of esters is 1. The average molecular weight is 349 g/mol. The second-order valence-electron chi connectivity index (χ2n) is 5.82. The maximum atomic E-state index is 11.6. The fourth-order valence-electron chi connectivity index (χ4n) is 2.68. The van der Waals surface area contributed by atoms with Gasteiger partial charge in [-0.15, -0.1) is 0 Å². The molecule has 1 amide bonds. The van der Waals surface area contributed by atoms with Crippen LogP contribution in [0.5, 0.6) is 0 Å². The normalized spacial score (nSPS) is 10.4. The number of nitrogens with one attached hydrogen (secondary N) is 2. The van der Waals surface area contributed by atoms with Gasteiger partial charge in [-0.1, -0.05) is 24.3 Å². The van der Waals surface area contributed by atoms with Crippen molar-refractivity contribution in [3.05, 3.63) is 60.3 Å². The molecule has 0 spiro atoms. The Morgan fingerprint density at radius 2 is 1.81 bits per heavy atom. The predicted octanol–water partition coefficient (Wildman–Crippen LogP) is 3.65. The Morgan fingerprint density at radius 1 is 1.04 bits per heavy atom. The lowest BCUT2D eigenvalue weighted by Crippen LogP contribution is -2.07. The quantitative estimate of drug-likeness (QED) is 0.687. The number of rotatable bonds is 5. The van der Waals surface area contributed by atoms with Gasteiger partial charge in [0.2, 0.25) is 5.91 Å². The highest BCUT2D eigenvalue weighted by Crippen LogP contribution is 2.28. The summed E-state index contributed by atoms with van der Waals surface area (Å²) in [5.41, 5.74) is 3.76. The number of para-hydroxylation sites is 1. The van der Waals surface area contributed by atoms with Gasteiger partial charge in [0, 0.05) is 29.4 Å². The third kappa shape index (κ3) is 4.16. The number of hydrogen-bond donors (Lipinski definition) is 2. The minimum Gasteiger partial charge on any atom is -0.469 e. The number of methoxy groups -OCH3 is 1. The lowest BCUT2D eigenvalue weighted by atomic mass is 10.1. The first-order valence-electron chi connectivity index (χ1n) is 8.15. The zero-order valence-electron chi connectivity index (χ0n) is 14.6. The number of hydrogen-bond acceptors (Lipinski definition) is 5. The standard InChI is InChI=1S/C20H19N3O3/c1-13(24)21-14-6-5-7-15(10-14)22-19-11-16(12-20(25)26-2)23-18-9-4-3-8-17(18)19/h3-11H,12H2,1-2H3,(H,21,24)(H,22,23). The lowest BCUT2D eigenvalue weighted by Gasteiger charge is -2.13. The van der Waals surface area contributed by atoms with Gasteiger partial charge in [-0.25, -0.2) is 0 Å². The van der Waals surface area contributed by atoms with Crippen LogP contribution in [0.4, 0.5) is 17.1 Å². The van der Waals surface area contributed by atoms with E-state index < -0.39 is 0 Å². The molecule has 1 aromatic heterocycles. The number of amides is 1. The number of aromatic nitrogens is 1. The van der Waals surface area contributed by atoms with Crippen LogP contribution in [-0.2, 0) is 20.7 Å². The van der Waals surface area contributed by atoms with Crippen molar-refractivity contribution in [3.63, 3.8) is 0 Å². The maximum Gasteiger partial charge on any atom is 0.311 e. The Bertz CT molecular complexity index is 969. The van der Waals surface area contributed by atoms with Crippen LogP contribution in [0.1, 0.15) is 12.6 Å². The number of ether oxygens (including phenoxy) is 1. The van der Waals surface area contributed by atoms with Crippen LogP contribution in [0, 0.1) is 0 Å². The van der Waals surface area contributed by atoms with Crippen LogP contribution >= 0.6 is 0 Å². The van der Waals surface area contributed by atoms with Gasteiger partial charge in [0.1, 0.15) is 0 Å². The van der Waals surface area contributed by atoms with Crippen molar-refractivity contribution >= 4 is 39.8 Å². The van der Waals surface area contributed by atoms with E-state index in [4.69, 9.17) is 4.74 Å². The van der Waals surface area contributed by atoms with E-state index in [9.17, 15) is 9.59 Å². The molecule has 0 saturated carbocycles. The third-order valence-electron chi connectivity index (χ3n) is 3.78. The second kappa shape index (κ2) is 7.65. The number of carbonyl (C=O) groups excluding carboxylic acids is 2. The molecule has 132 valence electrons. The molecule has 1 heterocycles. The highest BCUT2D eigenvalue weighted by atomic mass is 16.5. The van der Waals surface area contributed by atoms with Crippen LogP contribution in [-0.4, -0.2) is 24.0 Å². The fourth-order valence-corrected chi connectivity index (χ4v) is 2.68. The molecule has 3 rings (SSSR count). The van der Waals surface area contributed by atoms with Crippen LogP contribution in [0.15, 0.2) is 54.6 Å². The number of pyridine rings is 1. The summed E-state index contributed by atoms with van der Waals surface area (Å²) in [6.45, 7) is 1.47. The number of anilines is 3. The minimum absolute atomic E-state index is 0.0992. The second-order valence-corrected chi connectivity index (χ2v) is 5.82. The van der Waals surface area contributed by atoms with Crippen molar-refractivity contribution in [2.75, 3.05) is 17.7 Å². The molecule has 0 saturated heterocycles. The van der Waals surface area contributed by atoms with E-state index in [-0.39, 0.29) is 18.3 Å². The number of benzene rings is 2. The summed E-state index contributed by atoms with van der Waals surface area (Å²) in [7, 11) is 1.36. The third-order valence-corrected chi connectivity index (χ3v) is 3.78. The summed E-state index contributed by atoms with van der Waals surface area (Å²) < 4.78 is 4.74. The Morgan fingerprint density at radius 3 is 2.58 bits per heavy atom.